The van der Waals surface area contributed by atoms with Crippen LogP contribution in [0.3, 0.4) is 0 Å². The Morgan fingerprint density at radius 2 is 2.04 bits per heavy atom. The first-order chi connectivity index (χ1) is 11.3. The lowest BCUT2D eigenvalue weighted by molar-refractivity contribution is 0.281. The highest BCUT2D eigenvalue weighted by atomic mass is 32.1. The van der Waals surface area contributed by atoms with Gasteiger partial charge in [-0.1, -0.05) is 37.3 Å². The van der Waals surface area contributed by atoms with Crippen LogP contribution in [0.1, 0.15) is 36.2 Å². The van der Waals surface area contributed by atoms with Gasteiger partial charge >= 0.3 is 0 Å². The van der Waals surface area contributed by atoms with E-state index in [-0.39, 0.29) is 12.6 Å². The molecule has 0 aliphatic heterocycles. The molecule has 0 saturated heterocycles. The number of aliphatic hydroxyl groups excluding tert-OH is 1. The van der Waals surface area contributed by atoms with Crippen LogP contribution >= 0.6 is 11.3 Å². The Bertz CT molecular complexity index is 757. The van der Waals surface area contributed by atoms with Crippen molar-refractivity contribution in [2.75, 3.05) is 11.9 Å². The fourth-order valence-electron chi connectivity index (χ4n) is 2.66. The molecule has 3 aromatic rings. The molecular weight excluding hydrogens is 306 g/mol. The lowest BCUT2D eigenvalue weighted by Crippen LogP contribution is -2.12. The number of nitrogens with one attached hydrogen (secondary N) is 1. The molecule has 0 bridgehead atoms. The molecule has 0 radical (unpaired) electrons. The van der Waals surface area contributed by atoms with E-state index in [2.05, 4.69) is 40.4 Å². The maximum atomic E-state index is 9.18. The quantitative estimate of drug-likeness (QED) is 0.683. The van der Waals surface area contributed by atoms with E-state index in [1.165, 1.54) is 10.4 Å². The second kappa shape index (κ2) is 7.53. The molecule has 1 atom stereocenters. The van der Waals surface area contributed by atoms with Gasteiger partial charge in [-0.15, -0.1) is 11.3 Å². The van der Waals surface area contributed by atoms with Gasteiger partial charge < -0.3 is 10.4 Å². The molecule has 4 nitrogen and oxygen atoms in total. The summed E-state index contributed by atoms with van der Waals surface area (Å²) >= 11 is 1.72. The van der Waals surface area contributed by atoms with Gasteiger partial charge in [0.2, 0.25) is 0 Å². The molecule has 1 aromatic carbocycles. The topological polar surface area (TPSA) is 58.0 Å². The summed E-state index contributed by atoms with van der Waals surface area (Å²) in [5.41, 5.74) is 1.21. The van der Waals surface area contributed by atoms with E-state index in [1.54, 1.807) is 17.7 Å². The normalized spacial score (nSPS) is 12.4. The minimum Gasteiger partial charge on any atom is -0.396 e. The molecule has 0 spiro atoms. The van der Waals surface area contributed by atoms with Gasteiger partial charge in [0.05, 0.1) is 11.4 Å². The van der Waals surface area contributed by atoms with Crippen LogP contribution in [0.25, 0.3) is 10.2 Å². The number of rotatable bonds is 7. The standard InChI is InChI=1S/C18H21N3OS/c1-2-14-11-15-17(19-12-20-18(15)23-14)21-16(9-6-10-22)13-7-4-3-5-8-13/h3-5,7-8,11-12,16,22H,2,6,9-10H2,1H3,(H,19,20,21). The minimum absolute atomic E-state index is 0.131. The fourth-order valence-corrected chi connectivity index (χ4v) is 3.60. The van der Waals surface area contributed by atoms with E-state index in [0.717, 1.165) is 35.3 Å². The smallest absolute Gasteiger partial charge is 0.138 e. The van der Waals surface area contributed by atoms with Crippen molar-refractivity contribution in [3.63, 3.8) is 0 Å². The number of aromatic nitrogens is 2. The molecule has 0 aliphatic carbocycles. The molecule has 0 fully saturated rings. The number of benzene rings is 1. The Hall–Kier alpha value is -1.98. The Balaban J connectivity index is 1.91. The third-order valence-electron chi connectivity index (χ3n) is 3.89. The number of hydrogen-bond donors (Lipinski definition) is 2. The zero-order valence-corrected chi connectivity index (χ0v) is 14.0. The first-order valence-corrected chi connectivity index (χ1v) is 8.79. The van der Waals surface area contributed by atoms with Crippen molar-refractivity contribution < 1.29 is 5.11 Å². The molecule has 5 heteroatoms. The van der Waals surface area contributed by atoms with Crippen molar-refractivity contribution in [1.29, 1.82) is 0 Å². The van der Waals surface area contributed by atoms with Crippen LogP contribution in [0.15, 0.2) is 42.7 Å². The largest absolute Gasteiger partial charge is 0.396 e. The molecule has 2 N–H and O–H groups in total. The number of aliphatic hydroxyl groups is 1. The van der Waals surface area contributed by atoms with Gasteiger partial charge in [-0.3, -0.25) is 0 Å². The summed E-state index contributed by atoms with van der Waals surface area (Å²) in [4.78, 5) is 11.2. The molecule has 1 unspecified atom stereocenters. The lowest BCUT2D eigenvalue weighted by Gasteiger charge is -2.20. The van der Waals surface area contributed by atoms with E-state index in [4.69, 9.17) is 0 Å². The predicted octanol–water partition coefficient (Wildman–Crippen LogP) is 4.18. The van der Waals surface area contributed by atoms with Crippen molar-refractivity contribution >= 4 is 27.4 Å². The van der Waals surface area contributed by atoms with E-state index in [1.807, 2.05) is 18.2 Å². The molecular formula is C18H21N3OS. The molecule has 120 valence electrons. The number of hydrogen-bond acceptors (Lipinski definition) is 5. The molecule has 0 saturated carbocycles. The number of aryl methyl sites for hydroxylation is 1. The maximum absolute atomic E-state index is 9.18. The Morgan fingerprint density at radius 3 is 2.78 bits per heavy atom. The second-order valence-corrected chi connectivity index (χ2v) is 6.60. The SMILES string of the molecule is CCc1cc2c(NC(CCCO)c3ccccc3)ncnc2s1. The average molecular weight is 327 g/mol. The van der Waals surface area contributed by atoms with Crippen LogP contribution in [0.4, 0.5) is 5.82 Å². The first-order valence-electron chi connectivity index (χ1n) is 7.97. The van der Waals surface area contributed by atoms with Crippen LogP contribution in [-0.2, 0) is 6.42 Å². The highest BCUT2D eigenvalue weighted by Gasteiger charge is 2.14. The summed E-state index contributed by atoms with van der Waals surface area (Å²) in [7, 11) is 0. The molecule has 3 rings (SSSR count). The van der Waals surface area contributed by atoms with Crippen LogP contribution in [-0.4, -0.2) is 21.7 Å². The summed E-state index contributed by atoms with van der Waals surface area (Å²) < 4.78 is 0. The highest BCUT2D eigenvalue weighted by Crippen LogP contribution is 2.31. The Labute approximate surface area is 140 Å². The van der Waals surface area contributed by atoms with Crippen molar-refractivity contribution in [2.45, 2.75) is 32.2 Å². The van der Waals surface area contributed by atoms with Crippen molar-refractivity contribution in [1.82, 2.24) is 9.97 Å². The zero-order chi connectivity index (χ0) is 16.1. The summed E-state index contributed by atoms with van der Waals surface area (Å²) in [6.07, 6.45) is 4.24. The van der Waals surface area contributed by atoms with Crippen molar-refractivity contribution in [2.24, 2.45) is 0 Å². The molecule has 2 heterocycles. The van der Waals surface area contributed by atoms with Gasteiger partial charge in [-0.2, -0.15) is 0 Å². The van der Waals surface area contributed by atoms with Crippen LogP contribution in [0.2, 0.25) is 0 Å². The molecule has 0 amide bonds. The molecule has 23 heavy (non-hydrogen) atoms. The monoisotopic (exact) mass is 327 g/mol. The second-order valence-electron chi connectivity index (χ2n) is 5.48. The highest BCUT2D eigenvalue weighted by molar-refractivity contribution is 7.18. The summed E-state index contributed by atoms with van der Waals surface area (Å²) in [5, 5.41) is 13.8. The summed E-state index contributed by atoms with van der Waals surface area (Å²) in [5.74, 6) is 0.873. The molecule has 0 aliphatic rings. The van der Waals surface area contributed by atoms with Gasteiger partial charge in [0.1, 0.15) is 17.0 Å². The third kappa shape index (κ3) is 3.68. The Kier molecular flexibility index (Phi) is 5.20. The van der Waals surface area contributed by atoms with E-state index < -0.39 is 0 Å². The van der Waals surface area contributed by atoms with Crippen molar-refractivity contribution in [3.05, 3.63) is 53.2 Å². The van der Waals surface area contributed by atoms with E-state index in [0.29, 0.717) is 0 Å². The summed E-state index contributed by atoms with van der Waals surface area (Å²) in [6, 6.07) is 12.6. The lowest BCUT2D eigenvalue weighted by atomic mass is 10.0. The number of nitrogens with zero attached hydrogens (tertiary/aromatic N) is 2. The van der Waals surface area contributed by atoms with E-state index in [9.17, 15) is 5.11 Å². The van der Waals surface area contributed by atoms with Gasteiger partial charge in [0.25, 0.3) is 0 Å². The maximum Gasteiger partial charge on any atom is 0.138 e. The van der Waals surface area contributed by atoms with E-state index >= 15 is 0 Å². The van der Waals surface area contributed by atoms with Gasteiger partial charge in [0.15, 0.2) is 0 Å². The third-order valence-corrected chi connectivity index (χ3v) is 5.08. The van der Waals surface area contributed by atoms with Crippen LogP contribution < -0.4 is 5.32 Å². The van der Waals surface area contributed by atoms with Crippen molar-refractivity contribution in [3.8, 4) is 0 Å². The Morgan fingerprint density at radius 1 is 1.22 bits per heavy atom. The fraction of sp³-hybridized carbons (Fsp3) is 0.333. The average Bonchev–Trinajstić information content (AvgIpc) is 3.03. The summed E-state index contributed by atoms with van der Waals surface area (Å²) in [6.45, 7) is 2.35. The van der Waals surface area contributed by atoms with Crippen LogP contribution in [0, 0.1) is 0 Å². The number of thiophene rings is 1. The van der Waals surface area contributed by atoms with Gasteiger partial charge in [-0.05, 0) is 30.9 Å². The number of fused-ring (bicyclic) bond motifs is 1. The van der Waals surface area contributed by atoms with Gasteiger partial charge in [-0.25, -0.2) is 9.97 Å². The van der Waals surface area contributed by atoms with Crippen LogP contribution in [0.5, 0.6) is 0 Å². The predicted molar refractivity (Wildman–Crippen MR) is 95.9 cm³/mol. The minimum atomic E-state index is 0.131. The number of anilines is 1. The van der Waals surface area contributed by atoms with Gasteiger partial charge in [0, 0.05) is 11.5 Å². The first kappa shape index (κ1) is 15.9. The zero-order valence-electron chi connectivity index (χ0n) is 13.2. The molecule has 2 aromatic heterocycles.